The number of aromatic nitrogens is 2. The minimum absolute atomic E-state index is 0.218. The van der Waals surface area contributed by atoms with Crippen molar-refractivity contribution in [3.8, 4) is 0 Å². The summed E-state index contributed by atoms with van der Waals surface area (Å²) in [5.74, 6) is 0. The van der Waals surface area contributed by atoms with Crippen molar-refractivity contribution in [3.05, 3.63) is 95.1 Å². The normalized spacial score (nSPS) is 16.6. The van der Waals surface area contributed by atoms with Crippen LogP contribution in [0.15, 0.2) is 67.1 Å². The van der Waals surface area contributed by atoms with Gasteiger partial charge in [-0.3, -0.25) is 19.8 Å². The molecule has 1 aliphatic heterocycles. The van der Waals surface area contributed by atoms with Crippen LogP contribution in [0.2, 0.25) is 0 Å². The van der Waals surface area contributed by atoms with Gasteiger partial charge in [-0.15, -0.1) is 0 Å². The maximum Gasteiger partial charge on any atom is 0.0782 e. The van der Waals surface area contributed by atoms with Crippen LogP contribution in [0.1, 0.15) is 40.9 Å². The van der Waals surface area contributed by atoms with E-state index in [9.17, 15) is 0 Å². The van der Waals surface area contributed by atoms with Gasteiger partial charge in [0.2, 0.25) is 0 Å². The summed E-state index contributed by atoms with van der Waals surface area (Å²) in [4.78, 5) is 14.2. The SMILES string of the molecule is CCc1cccnc1C(c1ccccc1C)N1CCN(Cc2ccncc2)CC1. The predicted octanol–water partition coefficient (Wildman–Crippen LogP) is 4.25. The molecule has 1 aliphatic rings. The van der Waals surface area contributed by atoms with Gasteiger partial charge in [0.05, 0.1) is 11.7 Å². The minimum Gasteiger partial charge on any atom is -0.297 e. The Morgan fingerprint density at radius 1 is 0.897 bits per heavy atom. The quantitative estimate of drug-likeness (QED) is 0.634. The summed E-state index contributed by atoms with van der Waals surface area (Å²) in [5, 5.41) is 0. The maximum absolute atomic E-state index is 4.87. The Morgan fingerprint density at radius 3 is 2.38 bits per heavy atom. The third-order valence-corrected chi connectivity index (χ3v) is 5.98. The van der Waals surface area contributed by atoms with Crippen molar-refractivity contribution in [2.75, 3.05) is 26.2 Å². The van der Waals surface area contributed by atoms with E-state index in [-0.39, 0.29) is 6.04 Å². The zero-order chi connectivity index (χ0) is 20.1. The van der Waals surface area contributed by atoms with E-state index >= 15 is 0 Å². The molecule has 0 bridgehead atoms. The fraction of sp³-hybridized carbons (Fsp3) is 0.360. The highest BCUT2D eigenvalue weighted by Gasteiger charge is 2.29. The molecule has 0 N–H and O–H groups in total. The van der Waals surface area contributed by atoms with Crippen LogP contribution >= 0.6 is 0 Å². The Balaban J connectivity index is 1.57. The summed E-state index contributed by atoms with van der Waals surface area (Å²) in [6.07, 6.45) is 6.72. The van der Waals surface area contributed by atoms with E-state index in [0.29, 0.717) is 0 Å². The number of hydrogen-bond acceptors (Lipinski definition) is 4. The molecule has 1 saturated heterocycles. The van der Waals surface area contributed by atoms with Crippen molar-refractivity contribution in [3.63, 3.8) is 0 Å². The van der Waals surface area contributed by atoms with Gasteiger partial charge < -0.3 is 0 Å². The van der Waals surface area contributed by atoms with Crippen LogP contribution in [0, 0.1) is 6.92 Å². The van der Waals surface area contributed by atoms with Gasteiger partial charge in [-0.2, -0.15) is 0 Å². The fourth-order valence-electron chi connectivity index (χ4n) is 4.33. The van der Waals surface area contributed by atoms with E-state index in [4.69, 9.17) is 4.98 Å². The summed E-state index contributed by atoms with van der Waals surface area (Å²) in [5.41, 5.74) is 6.61. The second kappa shape index (κ2) is 9.29. The van der Waals surface area contributed by atoms with E-state index in [0.717, 1.165) is 39.1 Å². The Hall–Kier alpha value is -2.56. The lowest BCUT2D eigenvalue weighted by atomic mass is 9.93. The lowest BCUT2D eigenvalue weighted by Gasteiger charge is -2.40. The summed E-state index contributed by atoms with van der Waals surface area (Å²) < 4.78 is 0. The molecule has 150 valence electrons. The van der Waals surface area contributed by atoms with Gasteiger partial charge in [0.25, 0.3) is 0 Å². The number of aryl methyl sites for hydroxylation is 2. The van der Waals surface area contributed by atoms with Crippen molar-refractivity contribution < 1.29 is 0 Å². The second-order valence-electron chi connectivity index (χ2n) is 7.83. The zero-order valence-corrected chi connectivity index (χ0v) is 17.5. The van der Waals surface area contributed by atoms with E-state index in [2.05, 4.69) is 77.2 Å². The highest BCUT2D eigenvalue weighted by atomic mass is 15.3. The summed E-state index contributed by atoms with van der Waals surface area (Å²) in [6, 6.07) is 17.5. The molecular formula is C25H30N4. The van der Waals surface area contributed by atoms with Crippen molar-refractivity contribution in [1.29, 1.82) is 0 Å². The summed E-state index contributed by atoms with van der Waals surface area (Å²) in [7, 11) is 0. The molecule has 1 unspecified atom stereocenters. The first kappa shape index (κ1) is 19.7. The van der Waals surface area contributed by atoms with Crippen molar-refractivity contribution in [1.82, 2.24) is 19.8 Å². The van der Waals surface area contributed by atoms with Crippen molar-refractivity contribution in [2.45, 2.75) is 32.9 Å². The first-order valence-corrected chi connectivity index (χ1v) is 10.6. The average Bonchev–Trinajstić information content (AvgIpc) is 2.77. The van der Waals surface area contributed by atoms with Crippen molar-refractivity contribution in [2.24, 2.45) is 0 Å². The highest BCUT2D eigenvalue weighted by molar-refractivity contribution is 5.37. The van der Waals surface area contributed by atoms with E-state index < -0.39 is 0 Å². The summed E-state index contributed by atoms with van der Waals surface area (Å²) in [6.45, 7) is 9.67. The molecule has 0 spiro atoms. The Bertz CT molecular complexity index is 917. The van der Waals surface area contributed by atoms with Gasteiger partial charge in [0, 0.05) is 51.3 Å². The molecule has 1 fully saturated rings. The lowest BCUT2D eigenvalue weighted by Crippen LogP contribution is -2.47. The molecule has 1 atom stereocenters. The second-order valence-corrected chi connectivity index (χ2v) is 7.83. The van der Waals surface area contributed by atoms with Crippen LogP contribution in [0.25, 0.3) is 0 Å². The zero-order valence-electron chi connectivity index (χ0n) is 17.5. The minimum atomic E-state index is 0.218. The third-order valence-electron chi connectivity index (χ3n) is 5.98. The molecule has 4 rings (SSSR count). The van der Waals surface area contributed by atoms with E-state index in [1.807, 2.05) is 18.6 Å². The predicted molar refractivity (Wildman–Crippen MR) is 118 cm³/mol. The van der Waals surface area contributed by atoms with Crippen LogP contribution in [0.4, 0.5) is 0 Å². The third kappa shape index (κ3) is 4.55. The smallest absolute Gasteiger partial charge is 0.0782 e. The molecule has 0 amide bonds. The molecule has 4 heteroatoms. The number of nitrogens with zero attached hydrogens (tertiary/aromatic N) is 4. The molecule has 0 aliphatic carbocycles. The molecule has 4 nitrogen and oxygen atoms in total. The van der Waals surface area contributed by atoms with Crippen LogP contribution in [-0.2, 0) is 13.0 Å². The topological polar surface area (TPSA) is 32.3 Å². The van der Waals surface area contributed by atoms with Crippen LogP contribution in [-0.4, -0.2) is 45.9 Å². The van der Waals surface area contributed by atoms with Crippen LogP contribution in [0.3, 0.4) is 0 Å². The molecule has 0 saturated carbocycles. The van der Waals surface area contributed by atoms with Gasteiger partial charge in [-0.25, -0.2) is 0 Å². The first-order chi connectivity index (χ1) is 14.3. The Morgan fingerprint density at radius 2 is 1.66 bits per heavy atom. The number of rotatable bonds is 6. The summed E-state index contributed by atoms with van der Waals surface area (Å²) >= 11 is 0. The maximum atomic E-state index is 4.87. The van der Waals surface area contributed by atoms with E-state index in [1.54, 1.807) is 0 Å². The number of pyridine rings is 2. The molecule has 0 radical (unpaired) electrons. The van der Waals surface area contributed by atoms with Crippen LogP contribution in [0.5, 0.6) is 0 Å². The monoisotopic (exact) mass is 386 g/mol. The highest BCUT2D eigenvalue weighted by Crippen LogP contribution is 2.32. The largest absolute Gasteiger partial charge is 0.297 e. The molecule has 3 aromatic rings. The van der Waals surface area contributed by atoms with E-state index in [1.165, 1.54) is 27.9 Å². The molecule has 2 aromatic heterocycles. The fourth-order valence-corrected chi connectivity index (χ4v) is 4.33. The molecule has 3 heterocycles. The Labute approximate surface area is 174 Å². The lowest BCUT2D eigenvalue weighted by molar-refractivity contribution is 0.103. The van der Waals surface area contributed by atoms with Crippen molar-refractivity contribution >= 4 is 0 Å². The Kier molecular flexibility index (Phi) is 6.33. The number of hydrogen-bond donors (Lipinski definition) is 0. The van der Waals surface area contributed by atoms with Gasteiger partial charge >= 0.3 is 0 Å². The van der Waals surface area contributed by atoms with Gasteiger partial charge in [0.15, 0.2) is 0 Å². The van der Waals surface area contributed by atoms with Gasteiger partial charge in [0.1, 0.15) is 0 Å². The number of piperazine rings is 1. The molecule has 29 heavy (non-hydrogen) atoms. The van der Waals surface area contributed by atoms with Crippen LogP contribution < -0.4 is 0 Å². The first-order valence-electron chi connectivity index (χ1n) is 10.6. The molecule has 1 aromatic carbocycles. The molecular weight excluding hydrogens is 356 g/mol. The average molecular weight is 387 g/mol. The standard InChI is InChI=1S/C25H30N4/c1-3-22-8-6-12-27-24(22)25(23-9-5-4-7-20(23)2)29-17-15-28(16-18-29)19-21-10-13-26-14-11-21/h4-14,25H,3,15-19H2,1-2H3. The number of benzene rings is 1. The van der Waals surface area contributed by atoms with Gasteiger partial charge in [-0.1, -0.05) is 37.3 Å². The van der Waals surface area contributed by atoms with Gasteiger partial charge in [-0.05, 0) is 53.8 Å².